The van der Waals surface area contributed by atoms with E-state index in [1.807, 2.05) is 20.8 Å². The number of carboxylic acids is 1. The van der Waals surface area contributed by atoms with Crippen molar-refractivity contribution in [2.24, 2.45) is 5.92 Å². The summed E-state index contributed by atoms with van der Waals surface area (Å²) in [5.74, 6) is -0.778. The number of aryl methyl sites for hydroxylation is 1. The van der Waals surface area contributed by atoms with Crippen molar-refractivity contribution in [3.05, 3.63) is 23.2 Å². The number of amides is 1. The second kappa shape index (κ2) is 5.71. The van der Waals surface area contributed by atoms with Gasteiger partial charge in [0, 0.05) is 18.5 Å². The zero-order chi connectivity index (χ0) is 13.9. The first-order chi connectivity index (χ1) is 8.36. The van der Waals surface area contributed by atoms with E-state index in [-0.39, 0.29) is 23.3 Å². The predicted molar refractivity (Wildman–Crippen MR) is 66.8 cm³/mol. The summed E-state index contributed by atoms with van der Waals surface area (Å²) in [5, 5.41) is 11.7. The summed E-state index contributed by atoms with van der Waals surface area (Å²) >= 11 is 0. The summed E-state index contributed by atoms with van der Waals surface area (Å²) in [6.45, 7) is 7.66. The second-order valence-electron chi connectivity index (χ2n) is 4.61. The molecule has 0 saturated carbocycles. The lowest BCUT2D eigenvalue weighted by Gasteiger charge is -2.16. The Labute approximate surface area is 106 Å². The Balaban J connectivity index is 2.90. The molecule has 0 aliphatic rings. The molecular formula is C13H19NO4. The minimum atomic E-state index is -1.08. The number of carbonyl (C=O) groups excluding carboxylic acids is 1. The van der Waals surface area contributed by atoms with Gasteiger partial charge in [0.25, 0.3) is 5.91 Å². The minimum absolute atomic E-state index is 0.000884. The van der Waals surface area contributed by atoms with Crippen molar-refractivity contribution < 1.29 is 19.1 Å². The highest BCUT2D eigenvalue weighted by Gasteiger charge is 2.21. The number of nitrogens with one attached hydrogen (secondary N) is 1. The zero-order valence-corrected chi connectivity index (χ0v) is 11.1. The van der Waals surface area contributed by atoms with Gasteiger partial charge in [0.2, 0.25) is 0 Å². The number of rotatable bonds is 5. The van der Waals surface area contributed by atoms with Gasteiger partial charge in [-0.3, -0.25) is 4.79 Å². The van der Waals surface area contributed by atoms with Gasteiger partial charge < -0.3 is 14.8 Å². The third-order valence-electron chi connectivity index (χ3n) is 2.94. The van der Waals surface area contributed by atoms with E-state index in [0.717, 1.165) is 0 Å². The average Bonchev–Trinajstić information content (AvgIpc) is 2.72. The molecule has 1 heterocycles. The normalized spacial score (nSPS) is 12.5. The Morgan fingerprint density at radius 1 is 1.39 bits per heavy atom. The van der Waals surface area contributed by atoms with Crippen LogP contribution in [0.25, 0.3) is 0 Å². The van der Waals surface area contributed by atoms with Crippen molar-refractivity contribution in [2.45, 2.75) is 40.2 Å². The van der Waals surface area contributed by atoms with E-state index in [0.29, 0.717) is 18.1 Å². The molecule has 18 heavy (non-hydrogen) atoms. The van der Waals surface area contributed by atoms with Gasteiger partial charge in [0.1, 0.15) is 11.3 Å². The van der Waals surface area contributed by atoms with Gasteiger partial charge in [-0.05, 0) is 12.8 Å². The van der Waals surface area contributed by atoms with Crippen LogP contribution in [0.15, 0.2) is 10.5 Å². The fraction of sp³-hybridized carbons (Fsp3) is 0.538. The van der Waals surface area contributed by atoms with E-state index >= 15 is 0 Å². The lowest BCUT2D eigenvalue weighted by molar-refractivity contribution is 0.0694. The summed E-state index contributed by atoms with van der Waals surface area (Å²) in [6, 6.07) is 1.28. The van der Waals surface area contributed by atoms with Crippen molar-refractivity contribution in [3.8, 4) is 0 Å². The third kappa shape index (κ3) is 3.12. The summed E-state index contributed by atoms with van der Waals surface area (Å²) < 4.78 is 5.27. The standard InChI is InChI=1S/C13H19NO4/c1-5-10-9(13(16)17)6-11(18-10)12(15)14-8(4)7(2)3/h6-8H,5H2,1-4H3,(H,14,15)(H,16,17). The van der Waals surface area contributed by atoms with E-state index in [1.54, 1.807) is 6.92 Å². The Morgan fingerprint density at radius 2 is 2.00 bits per heavy atom. The monoisotopic (exact) mass is 253 g/mol. The van der Waals surface area contributed by atoms with Crippen LogP contribution < -0.4 is 5.32 Å². The summed E-state index contributed by atoms with van der Waals surface area (Å²) in [4.78, 5) is 22.8. The van der Waals surface area contributed by atoms with Crippen molar-refractivity contribution in [1.82, 2.24) is 5.32 Å². The van der Waals surface area contributed by atoms with Crippen LogP contribution in [0.1, 0.15) is 54.4 Å². The maximum absolute atomic E-state index is 11.9. The topological polar surface area (TPSA) is 79.5 Å². The molecule has 0 aliphatic heterocycles. The lowest BCUT2D eigenvalue weighted by Crippen LogP contribution is -2.35. The quantitative estimate of drug-likeness (QED) is 0.844. The van der Waals surface area contributed by atoms with E-state index < -0.39 is 5.97 Å². The minimum Gasteiger partial charge on any atom is -0.478 e. The Kier molecular flexibility index (Phi) is 4.53. The van der Waals surface area contributed by atoms with Crippen LogP contribution in [0.2, 0.25) is 0 Å². The van der Waals surface area contributed by atoms with Crippen LogP contribution in [0.4, 0.5) is 0 Å². The maximum Gasteiger partial charge on any atom is 0.339 e. The summed E-state index contributed by atoms with van der Waals surface area (Å²) in [7, 11) is 0. The highest BCUT2D eigenvalue weighted by molar-refractivity contribution is 5.96. The highest BCUT2D eigenvalue weighted by Crippen LogP contribution is 2.17. The van der Waals surface area contributed by atoms with Gasteiger partial charge in [0.15, 0.2) is 5.76 Å². The Hall–Kier alpha value is -1.78. The van der Waals surface area contributed by atoms with Crippen LogP contribution in [-0.4, -0.2) is 23.0 Å². The van der Waals surface area contributed by atoms with E-state index in [2.05, 4.69) is 5.32 Å². The fourth-order valence-electron chi connectivity index (χ4n) is 1.43. The number of carboxylic acid groups (broad SMARTS) is 1. The predicted octanol–water partition coefficient (Wildman–Crippen LogP) is 2.31. The molecule has 0 radical (unpaired) electrons. The van der Waals surface area contributed by atoms with Crippen molar-refractivity contribution in [2.75, 3.05) is 0 Å². The number of hydrogen-bond acceptors (Lipinski definition) is 3. The van der Waals surface area contributed by atoms with Gasteiger partial charge in [0.05, 0.1) is 0 Å². The SMILES string of the molecule is CCc1oc(C(=O)NC(C)C(C)C)cc1C(=O)O. The molecule has 1 aromatic heterocycles. The second-order valence-corrected chi connectivity index (χ2v) is 4.61. The smallest absolute Gasteiger partial charge is 0.339 e. The van der Waals surface area contributed by atoms with Crippen LogP contribution in [0.5, 0.6) is 0 Å². The molecule has 0 fully saturated rings. The third-order valence-corrected chi connectivity index (χ3v) is 2.94. The van der Waals surface area contributed by atoms with Crippen LogP contribution in [0, 0.1) is 5.92 Å². The van der Waals surface area contributed by atoms with Crippen LogP contribution in [0.3, 0.4) is 0 Å². The summed E-state index contributed by atoms with van der Waals surface area (Å²) in [6.07, 6.45) is 0.439. The van der Waals surface area contributed by atoms with E-state index in [9.17, 15) is 9.59 Å². The molecule has 100 valence electrons. The molecule has 1 unspecified atom stereocenters. The molecule has 1 aromatic rings. The molecule has 0 saturated heterocycles. The van der Waals surface area contributed by atoms with Gasteiger partial charge in [-0.2, -0.15) is 0 Å². The number of aromatic carboxylic acids is 1. The molecule has 1 amide bonds. The molecule has 2 N–H and O–H groups in total. The molecule has 5 nitrogen and oxygen atoms in total. The average molecular weight is 253 g/mol. The maximum atomic E-state index is 11.9. The van der Waals surface area contributed by atoms with E-state index in [4.69, 9.17) is 9.52 Å². The van der Waals surface area contributed by atoms with Crippen LogP contribution >= 0.6 is 0 Å². The Bertz CT molecular complexity index is 448. The van der Waals surface area contributed by atoms with Crippen molar-refractivity contribution in [3.63, 3.8) is 0 Å². The van der Waals surface area contributed by atoms with Gasteiger partial charge >= 0.3 is 5.97 Å². The van der Waals surface area contributed by atoms with E-state index in [1.165, 1.54) is 6.07 Å². The van der Waals surface area contributed by atoms with Crippen molar-refractivity contribution in [1.29, 1.82) is 0 Å². The lowest BCUT2D eigenvalue weighted by atomic mass is 10.1. The first-order valence-electron chi connectivity index (χ1n) is 6.03. The molecule has 0 aromatic carbocycles. The molecule has 5 heteroatoms. The molecule has 0 aliphatic carbocycles. The van der Waals surface area contributed by atoms with Gasteiger partial charge in [-0.15, -0.1) is 0 Å². The summed E-state index contributed by atoms with van der Waals surface area (Å²) in [5.41, 5.74) is 0.0554. The first kappa shape index (κ1) is 14.3. The number of hydrogen-bond donors (Lipinski definition) is 2. The first-order valence-corrected chi connectivity index (χ1v) is 6.03. The van der Waals surface area contributed by atoms with Crippen LogP contribution in [-0.2, 0) is 6.42 Å². The highest BCUT2D eigenvalue weighted by atomic mass is 16.4. The zero-order valence-electron chi connectivity index (χ0n) is 11.1. The molecule has 1 rings (SSSR count). The van der Waals surface area contributed by atoms with Gasteiger partial charge in [-0.1, -0.05) is 20.8 Å². The van der Waals surface area contributed by atoms with Crippen molar-refractivity contribution >= 4 is 11.9 Å². The number of furan rings is 1. The Morgan fingerprint density at radius 3 is 2.39 bits per heavy atom. The molecule has 1 atom stereocenters. The largest absolute Gasteiger partial charge is 0.478 e. The number of carbonyl (C=O) groups is 2. The molecular weight excluding hydrogens is 234 g/mol. The molecule has 0 spiro atoms. The fourth-order valence-corrected chi connectivity index (χ4v) is 1.43. The van der Waals surface area contributed by atoms with Gasteiger partial charge in [-0.25, -0.2) is 4.79 Å². The molecule has 0 bridgehead atoms.